The first-order valence-electron chi connectivity index (χ1n) is 7.45. The standard InChI is InChI=1S/C18H14BrF2N3O/c1-24-9-8-22-17(24)16(12-4-2-3-5-14(12)20)23-18(25)13-10-11(19)6-7-15(13)21/h2-10,16H,1H3,(H,23,25). The van der Waals surface area contributed by atoms with E-state index in [1.165, 1.54) is 24.3 Å². The molecule has 1 unspecified atom stereocenters. The van der Waals surface area contributed by atoms with E-state index in [2.05, 4.69) is 26.2 Å². The highest BCUT2D eigenvalue weighted by Gasteiger charge is 2.25. The maximum Gasteiger partial charge on any atom is 0.255 e. The largest absolute Gasteiger partial charge is 0.338 e. The number of carbonyl (C=O) groups is 1. The van der Waals surface area contributed by atoms with Crippen LogP contribution in [-0.2, 0) is 7.05 Å². The van der Waals surface area contributed by atoms with Gasteiger partial charge in [-0.1, -0.05) is 34.1 Å². The van der Waals surface area contributed by atoms with Crippen LogP contribution in [-0.4, -0.2) is 15.5 Å². The lowest BCUT2D eigenvalue weighted by molar-refractivity contribution is 0.0936. The molecule has 2 aromatic carbocycles. The van der Waals surface area contributed by atoms with Crippen LogP contribution in [0.25, 0.3) is 0 Å². The highest BCUT2D eigenvalue weighted by Crippen LogP contribution is 2.24. The molecule has 0 spiro atoms. The fourth-order valence-corrected chi connectivity index (χ4v) is 2.89. The van der Waals surface area contributed by atoms with Gasteiger partial charge in [0, 0.05) is 29.5 Å². The zero-order chi connectivity index (χ0) is 18.0. The minimum Gasteiger partial charge on any atom is -0.338 e. The van der Waals surface area contributed by atoms with E-state index in [0.717, 1.165) is 0 Å². The number of benzene rings is 2. The summed E-state index contributed by atoms with van der Waals surface area (Å²) in [6.45, 7) is 0. The predicted octanol–water partition coefficient (Wildman–Crippen LogP) is 3.98. The molecule has 1 N–H and O–H groups in total. The van der Waals surface area contributed by atoms with Crippen molar-refractivity contribution in [2.24, 2.45) is 7.05 Å². The molecule has 7 heteroatoms. The van der Waals surface area contributed by atoms with E-state index in [4.69, 9.17) is 0 Å². The van der Waals surface area contributed by atoms with Crippen LogP contribution < -0.4 is 5.32 Å². The zero-order valence-electron chi connectivity index (χ0n) is 13.2. The fourth-order valence-electron chi connectivity index (χ4n) is 2.53. The van der Waals surface area contributed by atoms with E-state index in [0.29, 0.717) is 10.3 Å². The number of imidazole rings is 1. The summed E-state index contributed by atoms with van der Waals surface area (Å²) >= 11 is 3.21. The van der Waals surface area contributed by atoms with Gasteiger partial charge in [-0.3, -0.25) is 4.79 Å². The van der Waals surface area contributed by atoms with Crippen molar-refractivity contribution in [3.8, 4) is 0 Å². The number of nitrogens with zero attached hydrogens (tertiary/aromatic N) is 2. The summed E-state index contributed by atoms with van der Waals surface area (Å²) in [5.41, 5.74) is 0.116. The number of amides is 1. The Labute approximate surface area is 151 Å². The number of aromatic nitrogens is 2. The van der Waals surface area contributed by atoms with E-state index < -0.39 is 23.6 Å². The van der Waals surface area contributed by atoms with Gasteiger partial charge in [-0.2, -0.15) is 0 Å². The molecule has 25 heavy (non-hydrogen) atoms. The van der Waals surface area contributed by atoms with Gasteiger partial charge in [-0.25, -0.2) is 13.8 Å². The molecule has 3 rings (SSSR count). The van der Waals surface area contributed by atoms with Gasteiger partial charge in [0.25, 0.3) is 5.91 Å². The first-order chi connectivity index (χ1) is 12.0. The molecule has 0 aliphatic rings. The number of carbonyl (C=O) groups excluding carboxylic acids is 1. The van der Waals surface area contributed by atoms with Crippen molar-refractivity contribution in [1.29, 1.82) is 0 Å². The van der Waals surface area contributed by atoms with Gasteiger partial charge in [-0.05, 0) is 24.3 Å². The predicted molar refractivity (Wildman–Crippen MR) is 93.0 cm³/mol. The first kappa shape index (κ1) is 17.3. The molecule has 128 valence electrons. The summed E-state index contributed by atoms with van der Waals surface area (Å²) < 4.78 is 30.5. The molecular formula is C18H14BrF2N3O. The van der Waals surface area contributed by atoms with Gasteiger partial charge in [0.1, 0.15) is 23.5 Å². The van der Waals surface area contributed by atoms with Crippen molar-refractivity contribution in [3.63, 3.8) is 0 Å². The molecule has 1 amide bonds. The lowest BCUT2D eigenvalue weighted by Crippen LogP contribution is -2.32. The SMILES string of the molecule is Cn1ccnc1C(NC(=O)c1cc(Br)ccc1F)c1ccccc1F. The highest BCUT2D eigenvalue weighted by atomic mass is 79.9. The third kappa shape index (κ3) is 3.61. The summed E-state index contributed by atoms with van der Waals surface area (Å²) in [6.07, 6.45) is 3.24. The van der Waals surface area contributed by atoms with Gasteiger partial charge in [0.05, 0.1) is 5.56 Å². The molecule has 1 atom stereocenters. The molecule has 0 saturated carbocycles. The van der Waals surface area contributed by atoms with E-state index in [-0.39, 0.29) is 11.1 Å². The van der Waals surface area contributed by atoms with E-state index >= 15 is 0 Å². The first-order valence-corrected chi connectivity index (χ1v) is 8.24. The van der Waals surface area contributed by atoms with E-state index in [1.54, 1.807) is 42.2 Å². The summed E-state index contributed by atoms with van der Waals surface area (Å²) in [7, 11) is 1.74. The molecule has 1 heterocycles. The molecule has 1 aromatic heterocycles. The Bertz CT molecular complexity index is 926. The molecule has 4 nitrogen and oxygen atoms in total. The molecule has 0 aliphatic heterocycles. The summed E-state index contributed by atoms with van der Waals surface area (Å²) in [5.74, 6) is -1.36. The van der Waals surface area contributed by atoms with Crippen molar-refractivity contribution in [3.05, 3.63) is 87.9 Å². The van der Waals surface area contributed by atoms with Gasteiger partial charge < -0.3 is 9.88 Å². The van der Waals surface area contributed by atoms with Crippen molar-refractivity contribution in [2.45, 2.75) is 6.04 Å². The third-order valence-corrected chi connectivity index (χ3v) is 4.27. The topological polar surface area (TPSA) is 46.9 Å². The summed E-state index contributed by atoms with van der Waals surface area (Å²) in [5, 5.41) is 2.68. The number of hydrogen-bond acceptors (Lipinski definition) is 2. The van der Waals surface area contributed by atoms with Crippen molar-refractivity contribution >= 4 is 21.8 Å². The van der Waals surface area contributed by atoms with Crippen LogP contribution in [0.2, 0.25) is 0 Å². The lowest BCUT2D eigenvalue weighted by Gasteiger charge is -2.20. The zero-order valence-corrected chi connectivity index (χ0v) is 14.8. The average molecular weight is 406 g/mol. The van der Waals surface area contributed by atoms with Crippen LogP contribution in [0, 0.1) is 11.6 Å². The average Bonchev–Trinajstić information content (AvgIpc) is 3.01. The Balaban J connectivity index is 2.01. The van der Waals surface area contributed by atoms with Crippen LogP contribution in [0.3, 0.4) is 0 Å². The second-order valence-electron chi connectivity index (χ2n) is 5.45. The third-order valence-electron chi connectivity index (χ3n) is 3.78. The summed E-state index contributed by atoms with van der Waals surface area (Å²) in [6, 6.07) is 9.30. The molecule has 0 bridgehead atoms. The second kappa shape index (κ2) is 7.14. The van der Waals surface area contributed by atoms with Crippen LogP contribution >= 0.6 is 15.9 Å². The van der Waals surface area contributed by atoms with Crippen molar-refractivity contribution < 1.29 is 13.6 Å². The molecule has 0 aliphatic carbocycles. The Kier molecular flexibility index (Phi) is 4.94. The normalized spacial score (nSPS) is 12.0. The van der Waals surface area contributed by atoms with Crippen LogP contribution in [0.1, 0.15) is 27.8 Å². The lowest BCUT2D eigenvalue weighted by atomic mass is 10.0. The number of aryl methyl sites for hydroxylation is 1. The molecule has 0 fully saturated rings. The van der Waals surface area contributed by atoms with Crippen LogP contribution in [0.4, 0.5) is 8.78 Å². The number of halogens is 3. The Morgan fingerprint density at radius 3 is 2.64 bits per heavy atom. The molecule has 3 aromatic rings. The summed E-state index contributed by atoms with van der Waals surface area (Å²) in [4.78, 5) is 16.8. The van der Waals surface area contributed by atoms with Gasteiger partial charge in [0.2, 0.25) is 0 Å². The van der Waals surface area contributed by atoms with Gasteiger partial charge >= 0.3 is 0 Å². The monoisotopic (exact) mass is 405 g/mol. The number of hydrogen-bond donors (Lipinski definition) is 1. The maximum absolute atomic E-state index is 14.3. The van der Waals surface area contributed by atoms with E-state index in [9.17, 15) is 13.6 Å². The van der Waals surface area contributed by atoms with Gasteiger partial charge in [0.15, 0.2) is 0 Å². The van der Waals surface area contributed by atoms with Gasteiger partial charge in [-0.15, -0.1) is 0 Å². The Morgan fingerprint density at radius 1 is 1.20 bits per heavy atom. The second-order valence-corrected chi connectivity index (χ2v) is 6.36. The quantitative estimate of drug-likeness (QED) is 0.713. The molecule has 0 radical (unpaired) electrons. The Morgan fingerprint density at radius 2 is 1.96 bits per heavy atom. The smallest absolute Gasteiger partial charge is 0.255 e. The van der Waals surface area contributed by atoms with Crippen LogP contribution in [0.15, 0.2) is 59.3 Å². The fraction of sp³-hybridized carbons (Fsp3) is 0.111. The van der Waals surface area contributed by atoms with Crippen molar-refractivity contribution in [2.75, 3.05) is 0 Å². The van der Waals surface area contributed by atoms with E-state index in [1.807, 2.05) is 0 Å². The minimum atomic E-state index is -0.855. The minimum absolute atomic E-state index is 0.134. The maximum atomic E-state index is 14.3. The highest BCUT2D eigenvalue weighted by molar-refractivity contribution is 9.10. The number of rotatable bonds is 4. The van der Waals surface area contributed by atoms with Crippen LogP contribution in [0.5, 0.6) is 0 Å². The molecule has 0 saturated heterocycles. The molecular weight excluding hydrogens is 392 g/mol. The Hall–Kier alpha value is -2.54. The van der Waals surface area contributed by atoms with Crippen molar-refractivity contribution in [1.82, 2.24) is 14.9 Å². The number of nitrogens with one attached hydrogen (secondary N) is 1.